The van der Waals surface area contributed by atoms with Gasteiger partial charge in [-0.05, 0) is 45.7 Å². The molecule has 9 heteroatoms. The van der Waals surface area contributed by atoms with Crippen molar-refractivity contribution in [1.82, 2.24) is 14.3 Å². The summed E-state index contributed by atoms with van der Waals surface area (Å²) >= 11 is 6.27. The van der Waals surface area contributed by atoms with Crippen LogP contribution in [0.2, 0.25) is 0 Å². The molecule has 0 amide bonds. The second kappa shape index (κ2) is 5.59. The summed E-state index contributed by atoms with van der Waals surface area (Å²) in [4.78, 5) is 7.92. The summed E-state index contributed by atoms with van der Waals surface area (Å²) in [5.74, 6) is 0.153. The Morgan fingerprint density at radius 1 is 1.41 bits per heavy atom. The molecule has 0 saturated heterocycles. The summed E-state index contributed by atoms with van der Waals surface area (Å²) < 4.78 is 28.2. The molecule has 1 aromatic rings. The van der Waals surface area contributed by atoms with Gasteiger partial charge in [0.05, 0.1) is 6.20 Å². The van der Waals surface area contributed by atoms with E-state index < -0.39 is 10.2 Å². The number of halogens is 2. The van der Waals surface area contributed by atoms with E-state index in [4.69, 9.17) is 0 Å². The Bertz CT molecular complexity index is 506. The van der Waals surface area contributed by atoms with Crippen LogP contribution in [0.15, 0.2) is 15.4 Å². The molecular weight excluding hydrogens is 376 g/mol. The minimum Gasteiger partial charge on any atom is -0.252 e. The molecule has 0 aliphatic heterocycles. The summed E-state index contributed by atoms with van der Waals surface area (Å²) in [7, 11) is -2.12. The third kappa shape index (κ3) is 3.87. The van der Waals surface area contributed by atoms with Gasteiger partial charge in [0, 0.05) is 13.1 Å². The Balaban J connectivity index is 2.98. The lowest BCUT2D eigenvalue weighted by molar-refractivity contribution is 0.414. The maximum atomic E-state index is 11.9. The number of hydrogen-bond acceptors (Lipinski definition) is 4. The predicted octanol–water partition coefficient (Wildman–Crippen LogP) is 2.00. The smallest absolute Gasteiger partial charge is 0.252 e. The fraction of sp³-hybridized carbons (Fsp3) is 0.500. The Morgan fingerprint density at radius 3 is 2.47 bits per heavy atom. The van der Waals surface area contributed by atoms with Gasteiger partial charge in [-0.3, -0.25) is 4.72 Å². The zero-order valence-electron chi connectivity index (χ0n) is 9.48. The van der Waals surface area contributed by atoms with E-state index in [1.165, 1.54) is 17.5 Å². The molecule has 1 heterocycles. The number of aromatic nitrogens is 2. The summed E-state index contributed by atoms with van der Waals surface area (Å²) in [5, 5.41) is 0. The highest BCUT2D eigenvalue weighted by molar-refractivity contribution is 9.11. The van der Waals surface area contributed by atoms with Crippen LogP contribution in [0.4, 0.5) is 5.82 Å². The molecule has 17 heavy (non-hydrogen) atoms. The molecule has 0 spiro atoms. The summed E-state index contributed by atoms with van der Waals surface area (Å²) in [5.41, 5.74) is 0. The summed E-state index contributed by atoms with van der Waals surface area (Å²) in [6.07, 6.45) is 1.41. The molecule has 0 saturated carbocycles. The van der Waals surface area contributed by atoms with Gasteiger partial charge >= 0.3 is 10.2 Å². The van der Waals surface area contributed by atoms with E-state index in [2.05, 4.69) is 46.5 Å². The first-order valence-corrected chi connectivity index (χ1v) is 7.70. The van der Waals surface area contributed by atoms with Gasteiger partial charge in [-0.2, -0.15) is 12.7 Å². The Hall–Kier alpha value is -0.250. The molecule has 0 bridgehead atoms. The first-order chi connectivity index (χ1) is 7.74. The highest BCUT2D eigenvalue weighted by Gasteiger charge is 2.22. The van der Waals surface area contributed by atoms with Crippen molar-refractivity contribution in [3.63, 3.8) is 0 Å². The molecule has 96 valence electrons. The minimum atomic E-state index is -3.61. The third-order valence-electron chi connectivity index (χ3n) is 2.03. The molecule has 6 nitrogen and oxygen atoms in total. The van der Waals surface area contributed by atoms with Crippen molar-refractivity contribution in [1.29, 1.82) is 0 Å². The van der Waals surface area contributed by atoms with Gasteiger partial charge in [0.15, 0.2) is 10.4 Å². The molecular formula is C8H12Br2N4O2S. The topological polar surface area (TPSA) is 75.2 Å². The monoisotopic (exact) mass is 386 g/mol. The van der Waals surface area contributed by atoms with E-state index in [1.807, 2.05) is 0 Å². The largest absolute Gasteiger partial charge is 0.302 e. The lowest BCUT2D eigenvalue weighted by atomic mass is 10.4. The Kier molecular flexibility index (Phi) is 4.87. The lowest BCUT2D eigenvalue weighted by Crippen LogP contribution is -2.37. The second-order valence-corrected chi connectivity index (χ2v) is 6.84. The van der Waals surface area contributed by atoms with Gasteiger partial charge in [0.2, 0.25) is 0 Å². The van der Waals surface area contributed by atoms with Crippen LogP contribution >= 0.6 is 31.9 Å². The van der Waals surface area contributed by atoms with Gasteiger partial charge in [0.25, 0.3) is 0 Å². The maximum absolute atomic E-state index is 11.9. The van der Waals surface area contributed by atoms with Crippen LogP contribution in [-0.4, -0.2) is 35.8 Å². The predicted molar refractivity (Wildman–Crippen MR) is 72.9 cm³/mol. The molecule has 0 unspecified atom stereocenters. The van der Waals surface area contributed by atoms with E-state index in [-0.39, 0.29) is 11.9 Å². The fourth-order valence-corrected chi connectivity index (χ4v) is 3.02. The molecule has 0 radical (unpaired) electrons. The van der Waals surface area contributed by atoms with Crippen molar-refractivity contribution >= 4 is 47.9 Å². The highest BCUT2D eigenvalue weighted by atomic mass is 79.9. The molecule has 0 aliphatic rings. The summed E-state index contributed by atoms with van der Waals surface area (Å²) in [6, 6.07) is -0.144. The van der Waals surface area contributed by atoms with E-state index in [1.54, 1.807) is 13.8 Å². The molecule has 0 atom stereocenters. The van der Waals surface area contributed by atoms with Crippen LogP contribution < -0.4 is 4.72 Å². The van der Waals surface area contributed by atoms with Crippen molar-refractivity contribution in [2.75, 3.05) is 11.8 Å². The number of hydrogen-bond donors (Lipinski definition) is 1. The number of nitrogens with one attached hydrogen (secondary N) is 1. The van der Waals surface area contributed by atoms with Crippen LogP contribution in [0.1, 0.15) is 13.8 Å². The first-order valence-electron chi connectivity index (χ1n) is 4.68. The Morgan fingerprint density at radius 2 is 2.00 bits per heavy atom. The molecule has 1 rings (SSSR count). The van der Waals surface area contributed by atoms with Crippen molar-refractivity contribution in [2.24, 2.45) is 0 Å². The van der Waals surface area contributed by atoms with Crippen LogP contribution in [0, 0.1) is 0 Å². The van der Waals surface area contributed by atoms with Gasteiger partial charge in [-0.25, -0.2) is 9.97 Å². The van der Waals surface area contributed by atoms with Crippen LogP contribution in [-0.2, 0) is 10.2 Å². The Labute approximate surface area is 117 Å². The molecule has 0 aliphatic carbocycles. The highest BCUT2D eigenvalue weighted by Crippen LogP contribution is 2.21. The van der Waals surface area contributed by atoms with Crippen molar-refractivity contribution in [3.8, 4) is 0 Å². The zero-order valence-corrected chi connectivity index (χ0v) is 13.5. The van der Waals surface area contributed by atoms with E-state index in [0.29, 0.717) is 9.21 Å². The zero-order chi connectivity index (χ0) is 13.2. The van der Waals surface area contributed by atoms with E-state index >= 15 is 0 Å². The first kappa shape index (κ1) is 14.8. The standard InChI is InChI=1S/C8H12Br2N4O2S/c1-5(2)14(3)17(15,16)13-8-7(10)12-6(9)4-11-8/h4-5H,1-3H3,(H,11,13). The van der Waals surface area contributed by atoms with Crippen molar-refractivity contribution in [3.05, 3.63) is 15.4 Å². The molecule has 1 aromatic heterocycles. The lowest BCUT2D eigenvalue weighted by Gasteiger charge is -2.21. The van der Waals surface area contributed by atoms with Gasteiger partial charge < -0.3 is 0 Å². The molecule has 0 fully saturated rings. The molecule has 0 aromatic carbocycles. The maximum Gasteiger partial charge on any atom is 0.302 e. The second-order valence-electron chi connectivity index (χ2n) is 3.55. The van der Waals surface area contributed by atoms with Crippen molar-refractivity contribution in [2.45, 2.75) is 19.9 Å². The average Bonchev–Trinajstić information content (AvgIpc) is 2.21. The average molecular weight is 388 g/mol. The van der Waals surface area contributed by atoms with Crippen LogP contribution in [0.25, 0.3) is 0 Å². The van der Waals surface area contributed by atoms with Gasteiger partial charge in [-0.1, -0.05) is 0 Å². The minimum absolute atomic E-state index is 0.144. The fourth-order valence-electron chi connectivity index (χ4n) is 0.887. The number of nitrogens with zero attached hydrogens (tertiary/aromatic N) is 3. The van der Waals surface area contributed by atoms with E-state index in [0.717, 1.165) is 0 Å². The van der Waals surface area contributed by atoms with Gasteiger partial charge in [-0.15, -0.1) is 0 Å². The van der Waals surface area contributed by atoms with Gasteiger partial charge in [0.1, 0.15) is 4.60 Å². The van der Waals surface area contributed by atoms with Crippen LogP contribution in [0.3, 0.4) is 0 Å². The van der Waals surface area contributed by atoms with Crippen LogP contribution in [0.5, 0.6) is 0 Å². The molecule has 1 N–H and O–H groups in total. The SMILES string of the molecule is CC(C)N(C)S(=O)(=O)Nc1ncc(Br)nc1Br. The van der Waals surface area contributed by atoms with E-state index in [9.17, 15) is 8.42 Å². The summed E-state index contributed by atoms with van der Waals surface area (Å²) in [6.45, 7) is 3.56. The number of rotatable bonds is 4. The quantitative estimate of drug-likeness (QED) is 0.857. The number of anilines is 1. The third-order valence-corrected chi connectivity index (χ3v) is 4.60. The normalized spacial score (nSPS) is 12.2. The van der Waals surface area contributed by atoms with Crippen molar-refractivity contribution < 1.29 is 8.42 Å².